The Bertz CT molecular complexity index is 1570. The zero-order valence-electron chi connectivity index (χ0n) is 31.6. The summed E-state index contributed by atoms with van der Waals surface area (Å²) in [4.78, 5) is 12.6. The second-order valence-corrected chi connectivity index (χ2v) is 15.3. The third-order valence-corrected chi connectivity index (χ3v) is 11.2. The average molecular weight is 807 g/mol. The summed E-state index contributed by atoms with van der Waals surface area (Å²) in [6.07, 6.45) is 20.1. The standard InChI is InChI=1S/C43H62N6O.HI/c1-41(2)35-21-11-13-24-38(35)49(33-17-7-9-25-39(50)47-32-19-31-46-29-16-15-28-45-30-18-27-44)40(41)36-22-8-5-6-14-26-43(36)42(3,4)34-20-10-12-23-37(34)48-43;/h5-6,8,10-14,20-24,45-46,48H,7,9,15-19,25-33,44H2,1-4H3;1H/b8-5-,14-6-,36-22-;. The molecule has 2 aromatic carbocycles. The Morgan fingerprint density at radius 2 is 1.47 bits per heavy atom. The Hall–Kier alpha value is -2.79. The van der Waals surface area contributed by atoms with Crippen molar-refractivity contribution in [1.82, 2.24) is 16.0 Å². The summed E-state index contributed by atoms with van der Waals surface area (Å²) in [5.41, 5.74) is 13.0. The molecule has 0 saturated carbocycles. The predicted molar refractivity (Wildman–Crippen MR) is 211 cm³/mol. The number of hydrogen-bond donors (Lipinski definition) is 5. The van der Waals surface area contributed by atoms with Gasteiger partial charge in [-0.1, -0.05) is 80.6 Å². The summed E-state index contributed by atoms with van der Waals surface area (Å²) < 4.78 is 2.61. The summed E-state index contributed by atoms with van der Waals surface area (Å²) in [7, 11) is 0. The number of anilines is 1. The molecule has 0 aromatic heterocycles. The fraction of sp³-hybridized carbons (Fsp3) is 0.535. The number of nitrogens with one attached hydrogen (secondary N) is 4. The summed E-state index contributed by atoms with van der Waals surface area (Å²) in [5, 5.41) is 14.2. The number of halogens is 1. The highest BCUT2D eigenvalue weighted by atomic mass is 127. The molecule has 0 saturated heterocycles. The maximum atomic E-state index is 12.6. The maximum absolute atomic E-state index is 12.6. The molecule has 1 aliphatic carbocycles. The molecule has 1 amide bonds. The van der Waals surface area contributed by atoms with E-state index >= 15 is 0 Å². The van der Waals surface area contributed by atoms with E-state index in [-0.39, 0.29) is 46.3 Å². The number of carbonyl (C=O) groups is 1. The first-order chi connectivity index (χ1) is 24.2. The van der Waals surface area contributed by atoms with Crippen LogP contribution < -0.4 is 51.0 Å². The Balaban J connectivity index is 0.00000583. The minimum absolute atomic E-state index is 0. The first-order valence-corrected chi connectivity index (χ1v) is 19.3. The highest BCUT2D eigenvalue weighted by molar-refractivity contribution is 6.10. The number of carbonyl (C=O) groups excluding carboxylic acids is 1. The monoisotopic (exact) mass is 806 g/mol. The van der Waals surface area contributed by atoms with Crippen LogP contribution >= 0.6 is 0 Å². The van der Waals surface area contributed by atoms with Crippen LogP contribution in [-0.2, 0) is 15.6 Å². The molecule has 5 rings (SSSR count). The molecule has 0 bridgehead atoms. The molecule has 0 radical (unpaired) electrons. The number of rotatable bonds is 19. The van der Waals surface area contributed by atoms with E-state index < -0.39 is 0 Å². The van der Waals surface area contributed by atoms with Gasteiger partial charge >= 0.3 is 0 Å². The SMILES string of the molecule is CC1(C)C(/C2=C/C=C\C=C/CC23Nc2ccccc2C3(C)C)=[N+](CCCCCC(=O)NCCCNCCCCNCCCN)c2ccccc21.[I-]. The van der Waals surface area contributed by atoms with Crippen molar-refractivity contribution in [2.45, 2.75) is 102 Å². The van der Waals surface area contributed by atoms with Gasteiger partial charge in [-0.25, -0.2) is 0 Å². The summed E-state index contributed by atoms with van der Waals surface area (Å²) in [6.45, 7) is 16.1. The van der Waals surface area contributed by atoms with Gasteiger partial charge in [-0.15, -0.1) is 0 Å². The topological polar surface area (TPSA) is 94.2 Å². The number of hydrogen-bond acceptors (Lipinski definition) is 5. The Kier molecular flexibility index (Phi) is 15.5. The largest absolute Gasteiger partial charge is 1.00 e. The van der Waals surface area contributed by atoms with Gasteiger partial charge in [0.1, 0.15) is 6.54 Å². The van der Waals surface area contributed by atoms with Crippen molar-refractivity contribution in [3.63, 3.8) is 0 Å². The lowest BCUT2D eigenvalue weighted by atomic mass is 9.61. The van der Waals surface area contributed by atoms with Gasteiger partial charge in [0.15, 0.2) is 5.71 Å². The van der Waals surface area contributed by atoms with E-state index in [0.717, 1.165) is 90.8 Å². The highest BCUT2D eigenvalue weighted by Gasteiger charge is 2.59. The minimum atomic E-state index is -0.305. The Morgan fingerprint density at radius 3 is 2.22 bits per heavy atom. The van der Waals surface area contributed by atoms with Crippen molar-refractivity contribution in [2.24, 2.45) is 5.73 Å². The van der Waals surface area contributed by atoms with Crippen molar-refractivity contribution in [3.8, 4) is 0 Å². The van der Waals surface area contributed by atoms with Gasteiger partial charge in [-0.05, 0) is 103 Å². The van der Waals surface area contributed by atoms with Gasteiger partial charge in [-0.2, -0.15) is 4.58 Å². The molecule has 3 aliphatic rings. The highest BCUT2D eigenvalue weighted by Crippen LogP contribution is 2.55. The van der Waals surface area contributed by atoms with E-state index in [4.69, 9.17) is 5.73 Å². The van der Waals surface area contributed by atoms with Crippen LogP contribution in [0.5, 0.6) is 0 Å². The van der Waals surface area contributed by atoms with E-state index in [1.165, 1.54) is 40.2 Å². The van der Waals surface area contributed by atoms with Gasteiger partial charge in [-0.3, -0.25) is 4.79 Å². The van der Waals surface area contributed by atoms with Crippen molar-refractivity contribution < 1.29 is 33.3 Å². The van der Waals surface area contributed by atoms with Crippen molar-refractivity contribution in [1.29, 1.82) is 0 Å². The molecule has 7 nitrogen and oxygen atoms in total. The molecule has 1 unspecified atom stereocenters. The molecule has 1 spiro atoms. The molecular weight excluding hydrogens is 743 g/mol. The smallest absolute Gasteiger partial charge is 0.219 e. The lowest BCUT2D eigenvalue weighted by Gasteiger charge is -2.44. The van der Waals surface area contributed by atoms with Crippen molar-refractivity contribution >= 4 is 23.0 Å². The van der Waals surface area contributed by atoms with Crippen LogP contribution in [0, 0.1) is 0 Å². The summed E-state index contributed by atoms with van der Waals surface area (Å²) >= 11 is 0. The third kappa shape index (κ3) is 9.42. The molecular formula is C43H63IN6O. The second kappa shape index (κ2) is 19.3. The first-order valence-electron chi connectivity index (χ1n) is 19.3. The van der Waals surface area contributed by atoms with Gasteiger partial charge in [0.05, 0.1) is 11.0 Å². The van der Waals surface area contributed by atoms with Gasteiger partial charge in [0.25, 0.3) is 0 Å². The van der Waals surface area contributed by atoms with Crippen LogP contribution in [0.4, 0.5) is 11.4 Å². The first kappa shape index (κ1) is 41.0. The number of allylic oxidation sites excluding steroid dienone is 4. The number of nitrogens with two attached hydrogens (primary N) is 1. The van der Waals surface area contributed by atoms with E-state index in [1.54, 1.807) is 0 Å². The van der Waals surface area contributed by atoms with Crippen LogP contribution in [0.3, 0.4) is 0 Å². The Labute approximate surface area is 325 Å². The van der Waals surface area contributed by atoms with Crippen molar-refractivity contribution in [2.75, 3.05) is 51.1 Å². The number of benzene rings is 2. The van der Waals surface area contributed by atoms with Gasteiger partial charge in [0, 0.05) is 47.7 Å². The molecule has 2 aromatic rings. The molecule has 2 aliphatic heterocycles. The van der Waals surface area contributed by atoms with Crippen LogP contribution in [0.15, 0.2) is 84.5 Å². The normalized spacial score (nSPS) is 21.8. The lowest BCUT2D eigenvalue weighted by molar-refractivity contribution is -0.439. The van der Waals surface area contributed by atoms with Gasteiger partial charge < -0.3 is 51.0 Å². The number of amides is 1. The van der Waals surface area contributed by atoms with Crippen LogP contribution in [0.2, 0.25) is 0 Å². The quantitative estimate of drug-likeness (QED) is 0.0842. The zero-order chi connectivity index (χ0) is 35.5. The van der Waals surface area contributed by atoms with E-state index in [1.807, 2.05) is 0 Å². The molecule has 51 heavy (non-hydrogen) atoms. The molecule has 8 heteroatoms. The summed E-state index contributed by atoms with van der Waals surface area (Å²) in [6, 6.07) is 17.8. The number of fused-ring (bicyclic) bond motifs is 2. The van der Waals surface area contributed by atoms with E-state index in [0.29, 0.717) is 6.42 Å². The maximum Gasteiger partial charge on any atom is 0.219 e. The minimum Gasteiger partial charge on any atom is -1.00 e. The van der Waals surface area contributed by atoms with Crippen LogP contribution in [0.25, 0.3) is 0 Å². The third-order valence-electron chi connectivity index (χ3n) is 11.2. The molecule has 0 fully saturated rings. The predicted octanol–water partition coefficient (Wildman–Crippen LogP) is 4.03. The van der Waals surface area contributed by atoms with E-state index in [9.17, 15) is 4.79 Å². The zero-order valence-corrected chi connectivity index (χ0v) is 33.8. The fourth-order valence-corrected chi connectivity index (χ4v) is 8.31. The molecule has 2 heterocycles. The number of unbranched alkanes of at least 4 members (excludes halogenated alkanes) is 3. The van der Waals surface area contributed by atoms with Crippen molar-refractivity contribution in [3.05, 3.63) is 95.6 Å². The van der Waals surface area contributed by atoms with E-state index in [2.05, 4.69) is 132 Å². The van der Waals surface area contributed by atoms with Gasteiger partial charge in [0.2, 0.25) is 11.6 Å². The molecule has 1 atom stereocenters. The number of nitrogens with zero attached hydrogens (tertiary/aromatic N) is 1. The Morgan fingerprint density at radius 1 is 0.784 bits per heavy atom. The molecule has 278 valence electrons. The second-order valence-electron chi connectivity index (χ2n) is 15.3. The molecule has 6 N–H and O–H groups in total. The number of para-hydroxylation sites is 2. The van der Waals surface area contributed by atoms with Crippen LogP contribution in [-0.4, -0.2) is 67.5 Å². The summed E-state index contributed by atoms with van der Waals surface area (Å²) in [5.74, 6) is 0.170. The lowest BCUT2D eigenvalue weighted by Crippen LogP contribution is -3.00. The van der Waals surface area contributed by atoms with Crippen LogP contribution in [0.1, 0.15) is 96.6 Å². The fourth-order valence-electron chi connectivity index (χ4n) is 8.31. The average Bonchev–Trinajstić information content (AvgIpc) is 3.46.